The quantitative estimate of drug-likeness (QED) is 0.693. The molecule has 2 atom stereocenters. The van der Waals surface area contributed by atoms with E-state index < -0.39 is 11.7 Å². The number of carbonyl (C=O) groups excluding carboxylic acids is 1. The summed E-state index contributed by atoms with van der Waals surface area (Å²) in [6.07, 6.45) is 1.99. The average Bonchev–Trinajstić information content (AvgIpc) is 2.49. The molecular formula is C19H32N2O3. The molecule has 1 rings (SSSR count). The monoisotopic (exact) mass is 336 g/mol. The number of hydrogen-bond donors (Lipinski definition) is 2. The largest absolute Gasteiger partial charge is 0.444 e. The van der Waals surface area contributed by atoms with Gasteiger partial charge in [-0.3, -0.25) is 0 Å². The lowest BCUT2D eigenvalue weighted by Crippen LogP contribution is -2.51. The molecule has 0 bridgehead atoms. The smallest absolute Gasteiger partial charge is 0.407 e. The Morgan fingerprint density at radius 2 is 1.88 bits per heavy atom. The van der Waals surface area contributed by atoms with E-state index in [9.17, 15) is 10.0 Å². The van der Waals surface area contributed by atoms with E-state index in [-0.39, 0.29) is 12.1 Å². The Morgan fingerprint density at radius 3 is 2.38 bits per heavy atom. The molecule has 2 N–H and O–H groups in total. The van der Waals surface area contributed by atoms with E-state index in [0.29, 0.717) is 6.54 Å². The van der Waals surface area contributed by atoms with Gasteiger partial charge in [-0.2, -0.15) is 5.06 Å². The van der Waals surface area contributed by atoms with Gasteiger partial charge in [0.05, 0.1) is 6.04 Å². The summed E-state index contributed by atoms with van der Waals surface area (Å²) >= 11 is 0. The molecule has 1 aromatic carbocycles. The van der Waals surface area contributed by atoms with Crippen LogP contribution in [0, 0.1) is 0 Å². The lowest BCUT2D eigenvalue weighted by atomic mass is 10.00. The summed E-state index contributed by atoms with van der Waals surface area (Å²) in [6.45, 7) is 10.0. The van der Waals surface area contributed by atoms with Crippen molar-refractivity contribution in [3.63, 3.8) is 0 Å². The zero-order valence-corrected chi connectivity index (χ0v) is 15.6. The van der Waals surface area contributed by atoms with E-state index in [1.165, 1.54) is 5.06 Å². The van der Waals surface area contributed by atoms with Crippen LogP contribution in [0.4, 0.5) is 4.79 Å². The van der Waals surface area contributed by atoms with Gasteiger partial charge in [-0.05, 0) is 39.2 Å². The summed E-state index contributed by atoms with van der Waals surface area (Å²) in [5, 5.41) is 14.8. The lowest BCUT2D eigenvalue weighted by Gasteiger charge is -2.33. The molecule has 136 valence electrons. The predicted molar refractivity (Wildman–Crippen MR) is 95.9 cm³/mol. The molecule has 0 aliphatic heterocycles. The molecule has 1 amide bonds. The van der Waals surface area contributed by atoms with Crippen molar-refractivity contribution < 1.29 is 14.7 Å². The molecule has 0 radical (unpaired) electrons. The second-order valence-corrected chi connectivity index (χ2v) is 7.10. The second kappa shape index (κ2) is 9.64. The van der Waals surface area contributed by atoms with Crippen LogP contribution < -0.4 is 5.32 Å². The third kappa shape index (κ3) is 7.32. The van der Waals surface area contributed by atoms with E-state index in [4.69, 9.17) is 4.74 Å². The topological polar surface area (TPSA) is 61.8 Å². The summed E-state index contributed by atoms with van der Waals surface area (Å²) in [5.41, 5.74) is 0.499. The van der Waals surface area contributed by atoms with E-state index in [2.05, 4.69) is 12.2 Å². The molecule has 0 saturated heterocycles. The van der Waals surface area contributed by atoms with Crippen molar-refractivity contribution in [3.8, 4) is 0 Å². The average molecular weight is 336 g/mol. The molecule has 0 aliphatic rings. The van der Waals surface area contributed by atoms with Gasteiger partial charge in [-0.1, -0.05) is 50.6 Å². The fourth-order valence-corrected chi connectivity index (χ4v) is 2.67. The summed E-state index contributed by atoms with van der Waals surface area (Å²) in [4.78, 5) is 12.1. The van der Waals surface area contributed by atoms with E-state index in [1.807, 2.05) is 58.0 Å². The molecule has 0 saturated carbocycles. The van der Waals surface area contributed by atoms with Crippen LogP contribution >= 0.6 is 0 Å². The van der Waals surface area contributed by atoms with Gasteiger partial charge in [0.25, 0.3) is 0 Å². The van der Waals surface area contributed by atoms with Crippen LogP contribution in [-0.2, 0) is 11.3 Å². The van der Waals surface area contributed by atoms with Crippen LogP contribution in [-0.4, -0.2) is 34.0 Å². The zero-order chi connectivity index (χ0) is 18.2. The first-order valence-electron chi connectivity index (χ1n) is 8.75. The summed E-state index contributed by atoms with van der Waals surface area (Å²) in [7, 11) is 0. The number of amides is 1. The van der Waals surface area contributed by atoms with Crippen molar-refractivity contribution in [2.45, 2.75) is 78.1 Å². The lowest BCUT2D eigenvalue weighted by molar-refractivity contribution is -0.145. The number of nitrogens with zero attached hydrogens (tertiary/aromatic N) is 1. The Hall–Kier alpha value is -1.59. The zero-order valence-electron chi connectivity index (χ0n) is 15.6. The van der Waals surface area contributed by atoms with Crippen molar-refractivity contribution in [3.05, 3.63) is 35.9 Å². The number of rotatable bonds is 8. The fraction of sp³-hybridized carbons (Fsp3) is 0.632. The molecule has 0 aromatic heterocycles. The van der Waals surface area contributed by atoms with Crippen molar-refractivity contribution in [1.29, 1.82) is 0 Å². The number of hydroxylamine groups is 2. The first-order chi connectivity index (χ1) is 11.3. The second-order valence-electron chi connectivity index (χ2n) is 7.10. The number of carbonyl (C=O) groups is 1. The van der Waals surface area contributed by atoms with E-state index in [0.717, 1.165) is 24.8 Å². The Labute approximate surface area is 146 Å². The highest BCUT2D eigenvalue weighted by atomic mass is 16.6. The maximum atomic E-state index is 12.1. The first kappa shape index (κ1) is 20.5. The third-order valence-electron chi connectivity index (χ3n) is 3.76. The highest BCUT2D eigenvalue weighted by Gasteiger charge is 2.28. The molecule has 0 aliphatic carbocycles. The molecule has 5 nitrogen and oxygen atoms in total. The van der Waals surface area contributed by atoms with Gasteiger partial charge >= 0.3 is 6.09 Å². The first-order valence-corrected chi connectivity index (χ1v) is 8.75. The van der Waals surface area contributed by atoms with Crippen LogP contribution in [0.15, 0.2) is 30.3 Å². The molecule has 5 heteroatoms. The number of nitrogens with one attached hydrogen (secondary N) is 1. The maximum Gasteiger partial charge on any atom is 0.407 e. The predicted octanol–water partition coefficient (Wildman–Crippen LogP) is 4.35. The molecule has 0 unspecified atom stereocenters. The number of benzene rings is 1. The number of alkyl carbamates (subject to hydrolysis) is 1. The minimum absolute atomic E-state index is 0.160. The molecule has 0 spiro atoms. The van der Waals surface area contributed by atoms with Gasteiger partial charge < -0.3 is 15.3 Å². The van der Waals surface area contributed by atoms with Gasteiger partial charge in [0.2, 0.25) is 0 Å². The van der Waals surface area contributed by atoms with Crippen molar-refractivity contribution in [2.75, 3.05) is 0 Å². The Balaban J connectivity index is 2.76. The molecule has 24 heavy (non-hydrogen) atoms. The molecule has 0 fully saturated rings. The van der Waals surface area contributed by atoms with E-state index >= 15 is 0 Å². The third-order valence-corrected chi connectivity index (χ3v) is 3.76. The van der Waals surface area contributed by atoms with Gasteiger partial charge in [-0.25, -0.2) is 4.79 Å². The van der Waals surface area contributed by atoms with Gasteiger partial charge in [0.15, 0.2) is 0 Å². The molecular weight excluding hydrogens is 304 g/mol. The summed E-state index contributed by atoms with van der Waals surface area (Å²) < 4.78 is 5.35. The number of ether oxygens (including phenoxy) is 1. The maximum absolute atomic E-state index is 12.1. The van der Waals surface area contributed by atoms with Gasteiger partial charge in [0.1, 0.15) is 5.60 Å². The van der Waals surface area contributed by atoms with Crippen molar-refractivity contribution in [1.82, 2.24) is 10.4 Å². The highest BCUT2D eigenvalue weighted by molar-refractivity contribution is 5.68. The Bertz CT molecular complexity index is 485. The normalized spacial score (nSPS) is 14.3. The van der Waals surface area contributed by atoms with Crippen LogP contribution in [0.25, 0.3) is 0 Å². The molecule has 1 aromatic rings. The molecule has 0 heterocycles. The van der Waals surface area contributed by atoms with Crippen LogP contribution in [0.2, 0.25) is 0 Å². The van der Waals surface area contributed by atoms with Crippen LogP contribution in [0.1, 0.15) is 59.4 Å². The highest BCUT2D eigenvalue weighted by Crippen LogP contribution is 2.16. The minimum Gasteiger partial charge on any atom is -0.444 e. The summed E-state index contributed by atoms with van der Waals surface area (Å²) in [5.74, 6) is 0. The van der Waals surface area contributed by atoms with Crippen LogP contribution in [0.5, 0.6) is 0 Å². The van der Waals surface area contributed by atoms with Crippen molar-refractivity contribution >= 4 is 6.09 Å². The van der Waals surface area contributed by atoms with Crippen molar-refractivity contribution in [2.24, 2.45) is 0 Å². The Kier molecular flexibility index (Phi) is 8.22. The summed E-state index contributed by atoms with van der Waals surface area (Å²) in [6, 6.07) is 9.49. The minimum atomic E-state index is -0.536. The standard InChI is InChI=1S/C19H32N2O3/c1-6-11-17(21(23)14-15-12-9-8-10-13-15)16(7-2)20-18(22)24-19(3,4)5/h8-10,12-13,16-17,23H,6-7,11,14H2,1-5H3,(H,20,22)/t16-,17+/m0/s1. The van der Waals surface area contributed by atoms with Crippen LogP contribution in [0.3, 0.4) is 0 Å². The SMILES string of the molecule is CCC[C@H]([C@H](CC)NC(=O)OC(C)(C)C)N(O)Cc1ccccc1. The van der Waals surface area contributed by atoms with Gasteiger partial charge in [-0.15, -0.1) is 0 Å². The number of hydrogen-bond acceptors (Lipinski definition) is 4. The Morgan fingerprint density at radius 1 is 1.25 bits per heavy atom. The van der Waals surface area contributed by atoms with Gasteiger partial charge in [0, 0.05) is 12.6 Å². The fourth-order valence-electron chi connectivity index (χ4n) is 2.67. The van der Waals surface area contributed by atoms with E-state index in [1.54, 1.807) is 0 Å².